The molecule has 2 aromatic rings. The van der Waals surface area contributed by atoms with E-state index in [2.05, 4.69) is 60.2 Å². The number of rotatable bonds is 4. The molecular weight excluding hydrogens is 352 g/mol. The van der Waals surface area contributed by atoms with Gasteiger partial charge in [-0.05, 0) is 37.3 Å². The molecule has 3 heterocycles. The summed E-state index contributed by atoms with van der Waals surface area (Å²) in [5.41, 5.74) is 2.21. The van der Waals surface area contributed by atoms with Crippen LogP contribution in [0, 0.1) is 18.8 Å². The third-order valence-corrected chi connectivity index (χ3v) is 5.37. The Morgan fingerprint density at radius 2 is 1.50 bits per heavy atom. The van der Waals surface area contributed by atoms with Crippen molar-refractivity contribution in [1.82, 2.24) is 15.0 Å². The first-order chi connectivity index (χ1) is 13.6. The van der Waals surface area contributed by atoms with Crippen LogP contribution in [0.25, 0.3) is 0 Å². The van der Waals surface area contributed by atoms with Gasteiger partial charge >= 0.3 is 0 Å². The van der Waals surface area contributed by atoms with Crippen LogP contribution in [-0.2, 0) is 4.74 Å². The van der Waals surface area contributed by atoms with E-state index in [1.165, 1.54) is 12.0 Å². The van der Waals surface area contributed by atoms with Crippen molar-refractivity contribution < 1.29 is 4.74 Å². The third kappa shape index (κ3) is 4.52. The number of nitrogens with zero attached hydrogens (tertiary/aromatic N) is 5. The average Bonchev–Trinajstić information content (AvgIpc) is 2.69. The summed E-state index contributed by atoms with van der Waals surface area (Å²) in [5.74, 6) is 3.38. The van der Waals surface area contributed by atoms with Crippen molar-refractivity contribution in [2.24, 2.45) is 11.8 Å². The molecule has 0 bridgehead atoms. The maximum Gasteiger partial charge on any atom is 0.233 e. The molecule has 28 heavy (non-hydrogen) atoms. The standard InChI is InChI=1S/C21H30N6O/c1-15-4-6-18(7-5-15)22-19-23-20(26-8-10-28-11-9-26)25-21(24-19)27-13-16(2)12-17(3)14-27/h4-7,16-17H,8-14H2,1-3H3,(H,22,23,24,25). The van der Waals surface area contributed by atoms with Crippen molar-refractivity contribution in [3.63, 3.8) is 0 Å². The lowest BCUT2D eigenvalue weighted by atomic mass is 9.92. The molecule has 7 heteroatoms. The van der Waals surface area contributed by atoms with Crippen LogP contribution in [0.1, 0.15) is 25.8 Å². The van der Waals surface area contributed by atoms with Gasteiger partial charge in [0.05, 0.1) is 13.2 Å². The number of ether oxygens (including phenoxy) is 1. The summed E-state index contributed by atoms with van der Waals surface area (Å²) >= 11 is 0. The first-order valence-corrected chi connectivity index (χ1v) is 10.2. The van der Waals surface area contributed by atoms with Crippen LogP contribution in [0.2, 0.25) is 0 Å². The van der Waals surface area contributed by atoms with Crippen LogP contribution in [-0.4, -0.2) is 54.3 Å². The van der Waals surface area contributed by atoms with E-state index >= 15 is 0 Å². The van der Waals surface area contributed by atoms with Crippen LogP contribution in [0.15, 0.2) is 24.3 Å². The molecule has 2 unspecified atom stereocenters. The highest BCUT2D eigenvalue weighted by Gasteiger charge is 2.26. The molecule has 0 saturated carbocycles. The summed E-state index contributed by atoms with van der Waals surface area (Å²) in [6, 6.07) is 8.28. The minimum Gasteiger partial charge on any atom is -0.378 e. The maximum atomic E-state index is 5.49. The smallest absolute Gasteiger partial charge is 0.233 e. The molecule has 2 saturated heterocycles. The molecule has 0 radical (unpaired) electrons. The maximum absolute atomic E-state index is 5.49. The van der Waals surface area contributed by atoms with Crippen LogP contribution >= 0.6 is 0 Å². The molecule has 0 spiro atoms. The van der Waals surface area contributed by atoms with E-state index < -0.39 is 0 Å². The fourth-order valence-electron chi connectivity index (χ4n) is 4.05. The zero-order chi connectivity index (χ0) is 19.5. The minimum atomic E-state index is 0.598. The van der Waals surface area contributed by atoms with Crippen LogP contribution in [0.5, 0.6) is 0 Å². The minimum absolute atomic E-state index is 0.598. The van der Waals surface area contributed by atoms with Gasteiger partial charge in [0.15, 0.2) is 0 Å². The summed E-state index contributed by atoms with van der Waals surface area (Å²) in [7, 11) is 0. The van der Waals surface area contributed by atoms with Gasteiger partial charge in [-0.1, -0.05) is 31.5 Å². The van der Waals surface area contributed by atoms with Crippen molar-refractivity contribution >= 4 is 23.5 Å². The van der Waals surface area contributed by atoms with Gasteiger partial charge < -0.3 is 19.9 Å². The molecular formula is C21H30N6O. The summed E-state index contributed by atoms with van der Waals surface area (Å²) in [6.07, 6.45) is 1.26. The van der Waals surface area contributed by atoms with Gasteiger partial charge in [-0.3, -0.25) is 0 Å². The zero-order valence-corrected chi connectivity index (χ0v) is 17.1. The van der Waals surface area contributed by atoms with E-state index in [4.69, 9.17) is 19.7 Å². The van der Waals surface area contributed by atoms with E-state index in [-0.39, 0.29) is 0 Å². The molecule has 1 N–H and O–H groups in total. The predicted molar refractivity (Wildman–Crippen MR) is 112 cm³/mol. The number of aromatic nitrogens is 3. The van der Waals surface area contributed by atoms with Crippen molar-refractivity contribution in [1.29, 1.82) is 0 Å². The highest BCUT2D eigenvalue weighted by atomic mass is 16.5. The van der Waals surface area contributed by atoms with E-state index in [0.29, 0.717) is 31.0 Å². The summed E-state index contributed by atoms with van der Waals surface area (Å²) < 4.78 is 5.49. The summed E-state index contributed by atoms with van der Waals surface area (Å²) in [5, 5.41) is 3.37. The number of benzene rings is 1. The molecule has 2 atom stereocenters. The molecule has 7 nitrogen and oxygen atoms in total. The monoisotopic (exact) mass is 382 g/mol. The van der Waals surface area contributed by atoms with Gasteiger partial charge in [-0.25, -0.2) is 0 Å². The molecule has 2 aliphatic heterocycles. The molecule has 2 aliphatic rings. The first-order valence-electron chi connectivity index (χ1n) is 10.2. The quantitative estimate of drug-likeness (QED) is 0.871. The fraction of sp³-hybridized carbons (Fsp3) is 0.571. The molecule has 150 valence electrons. The van der Waals surface area contributed by atoms with Gasteiger partial charge in [0, 0.05) is 31.9 Å². The van der Waals surface area contributed by atoms with E-state index in [1.807, 2.05) is 0 Å². The van der Waals surface area contributed by atoms with Crippen LogP contribution < -0.4 is 15.1 Å². The molecule has 4 rings (SSSR count). The Labute approximate surface area is 167 Å². The van der Waals surface area contributed by atoms with Crippen LogP contribution in [0.4, 0.5) is 23.5 Å². The van der Waals surface area contributed by atoms with Crippen molar-refractivity contribution in [3.8, 4) is 0 Å². The van der Waals surface area contributed by atoms with Crippen molar-refractivity contribution in [3.05, 3.63) is 29.8 Å². The lowest BCUT2D eigenvalue weighted by Crippen LogP contribution is -2.41. The Bertz CT molecular complexity index is 780. The van der Waals surface area contributed by atoms with E-state index in [1.54, 1.807) is 0 Å². The van der Waals surface area contributed by atoms with Gasteiger partial charge in [0.1, 0.15) is 0 Å². The fourth-order valence-corrected chi connectivity index (χ4v) is 4.05. The third-order valence-electron chi connectivity index (χ3n) is 5.37. The lowest BCUT2D eigenvalue weighted by molar-refractivity contribution is 0.122. The number of hydrogen-bond donors (Lipinski definition) is 1. The second-order valence-corrected chi connectivity index (χ2v) is 8.20. The van der Waals surface area contributed by atoms with E-state index in [0.717, 1.165) is 43.8 Å². The predicted octanol–water partition coefficient (Wildman–Crippen LogP) is 3.24. The number of anilines is 4. The zero-order valence-electron chi connectivity index (χ0n) is 17.1. The summed E-state index contributed by atoms with van der Waals surface area (Å²) in [6.45, 7) is 11.7. The lowest BCUT2D eigenvalue weighted by Gasteiger charge is -2.35. The number of morpholine rings is 1. The molecule has 2 fully saturated rings. The number of hydrogen-bond acceptors (Lipinski definition) is 7. The highest BCUT2D eigenvalue weighted by molar-refractivity contribution is 5.56. The van der Waals surface area contributed by atoms with E-state index in [9.17, 15) is 0 Å². The van der Waals surface area contributed by atoms with Crippen molar-refractivity contribution in [2.75, 3.05) is 54.5 Å². The molecule has 1 aromatic heterocycles. The molecule has 1 aromatic carbocycles. The summed E-state index contributed by atoms with van der Waals surface area (Å²) in [4.78, 5) is 18.8. The Hall–Kier alpha value is -2.41. The Balaban J connectivity index is 1.64. The molecule has 0 aliphatic carbocycles. The Kier molecular flexibility index (Phi) is 5.62. The largest absolute Gasteiger partial charge is 0.378 e. The number of nitrogens with one attached hydrogen (secondary N) is 1. The highest BCUT2D eigenvalue weighted by Crippen LogP contribution is 2.26. The number of aryl methyl sites for hydroxylation is 1. The topological polar surface area (TPSA) is 66.4 Å². The van der Waals surface area contributed by atoms with Gasteiger partial charge in [0.25, 0.3) is 0 Å². The van der Waals surface area contributed by atoms with Crippen molar-refractivity contribution in [2.45, 2.75) is 27.2 Å². The second kappa shape index (κ2) is 8.31. The normalized spacial score (nSPS) is 23.0. The Morgan fingerprint density at radius 3 is 2.14 bits per heavy atom. The first kappa shape index (κ1) is 18.9. The van der Waals surface area contributed by atoms with Crippen LogP contribution in [0.3, 0.4) is 0 Å². The second-order valence-electron chi connectivity index (χ2n) is 8.20. The average molecular weight is 383 g/mol. The van der Waals surface area contributed by atoms with Gasteiger partial charge in [-0.2, -0.15) is 15.0 Å². The van der Waals surface area contributed by atoms with Gasteiger partial charge in [0.2, 0.25) is 17.8 Å². The molecule has 0 amide bonds. The number of piperidine rings is 1. The van der Waals surface area contributed by atoms with Gasteiger partial charge in [-0.15, -0.1) is 0 Å². The Morgan fingerprint density at radius 1 is 0.893 bits per heavy atom. The SMILES string of the molecule is Cc1ccc(Nc2nc(N3CCOCC3)nc(N3CC(C)CC(C)C3)n2)cc1.